The van der Waals surface area contributed by atoms with Crippen LogP contribution in [0.15, 0.2) is 0 Å². The van der Waals surface area contributed by atoms with Crippen LogP contribution in [0.25, 0.3) is 0 Å². The number of carbonyl (C=O) groups excluding carboxylic acids is 1. The van der Waals surface area contributed by atoms with Crippen molar-refractivity contribution >= 4 is 36.4 Å². The van der Waals surface area contributed by atoms with E-state index in [1.807, 2.05) is 0 Å². The Kier molecular flexibility index (Phi) is 10.4. The second kappa shape index (κ2) is 10.1. The first-order chi connectivity index (χ1) is 8.61. The van der Waals surface area contributed by atoms with Gasteiger partial charge in [0.15, 0.2) is 0 Å². The lowest BCUT2D eigenvalue weighted by molar-refractivity contribution is -0.144. The number of amides is 1. The molecule has 110 valence electrons. The lowest BCUT2D eigenvalue weighted by Crippen LogP contribution is -2.40. The average Bonchev–Trinajstić information content (AvgIpc) is 2.25. The number of carbonyl (C=O) groups is 4. The number of aliphatic carboxylic acids is 3. The predicted octanol–water partition coefficient (Wildman–Crippen LogP) is -1.62. The van der Waals surface area contributed by atoms with Gasteiger partial charge in [-0.2, -0.15) is 12.6 Å². The van der Waals surface area contributed by atoms with Gasteiger partial charge in [-0.25, -0.2) is 4.79 Å². The number of hydrogen-bond acceptors (Lipinski definition) is 6. The Morgan fingerprint density at radius 3 is 1.74 bits per heavy atom. The van der Waals surface area contributed by atoms with E-state index in [2.05, 4.69) is 17.9 Å². The molecule has 0 aromatic carbocycles. The van der Waals surface area contributed by atoms with Crippen LogP contribution in [-0.2, 0) is 19.2 Å². The number of nitrogens with one attached hydrogen (secondary N) is 1. The van der Waals surface area contributed by atoms with Crippen LogP contribution in [0.2, 0.25) is 0 Å². The molecule has 10 heteroatoms. The summed E-state index contributed by atoms with van der Waals surface area (Å²) < 4.78 is 0. The normalized spacial score (nSPS) is 12.4. The SMILES string of the molecule is CC(=O)N[C@@H](CS)C(=O)O.N[C@@H](CC(=O)O)C(=O)O. The number of carboxylic acid groups (broad SMARTS) is 3. The fraction of sp³-hybridized carbons (Fsp3) is 0.556. The first kappa shape index (κ1) is 19.5. The van der Waals surface area contributed by atoms with Crippen molar-refractivity contribution in [3.8, 4) is 0 Å². The third-order valence-electron chi connectivity index (χ3n) is 1.57. The molecule has 6 N–H and O–H groups in total. The smallest absolute Gasteiger partial charge is 0.327 e. The molecule has 0 unspecified atom stereocenters. The number of thiol groups is 1. The minimum absolute atomic E-state index is 0.106. The fourth-order valence-electron chi connectivity index (χ4n) is 0.706. The van der Waals surface area contributed by atoms with E-state index < -0.39 is 36.4 Å². The van der Waals surface area contributed by atoms with Gasteiger partial charge in [0.25, 0.3) is 0 Å². The van der Waals surface area contributed by atoms with Crippen LogP contribution < -0.4 is 11.1 Å². The van der Waals surface area contributed by atoms with Crippen molar-refractivity contribution in [1.82, 2.24) is 5.32 Å². The summed E-state index contributed by atoms with van der Waals surface area (Å²) in [6, 6.07) is -2.16. The molecule has 0 fully saturated rings. The standard InChI is InChI=1S/C5H9NO3S.C4H7NO4/c1-3(7)6-4(2-10)5(8)9;5-2(4(8)9)1-3(6)7/h4,10H,2H2,1H3,(H,6,7)(H,8,9);2H,1,5H2,(H,6,7)(H,8,9)/t4-;2-/m00/s1. The quantitative estimate of drug-likeness (QED) is 0.318. The van der Waals surface area contributed by atoms with Crippen molar-refractivity contribution in [2.75, 3.05) is 5.75 Å². The maximum atomic E-state index is 10.3. The highest BCUT2D eigenvalue weighted by Crippen LogP contribution is 1.87. The van der Waals surface area contributed by atoms with Crippen LogP contribution in [0, 0.1) is 0 Å². The van der Waals surface area contributed by atoms with E-state index in [9.17, 15) is 19.2 Å². The van der Waals surface area contributed by atoms with Crippen molar-refractivity contribution in [2.24, 2.45) is 5.73 Å². The molecule has 0 heterocycles. The molecule has 0 bridgehead atoms. The van der Waals surface area contributed by atoms with Crippen LogP contribution in [0.5, 0.6) is 0 Å². The van der Waals surface area contributed by atoms with E-state index >= 15 is 0 Å². The minimum Gasteiger partial charge on any atom is -0.481 e. The molecule has 0 spiro atoms. The van der Waals surface area contributed by atoms with Gasteiger partial charge in [-0.3, -0.25) is 14.4 Å². The van der Waals surface area contributed by atoms with Crippen molar-refractivity contribution in [1.29, 1.82) is 0 Å². The lowest BCUT2D eigenvalue weighted by Gasteiger charge is -2.08. The van der Waals surface area contributed by atoms with E-state index in [4.69, 9.17) is 21.1 Å². The van der Waals surface area contributed by atoms with Gasteiger partial charge < -0.3 is 26.4 Å². The summed E-state index contributed by atoms with van der Waals surface area (Å²) in [7, 11) is 0. The summed E-state index contributed by atoms with van der Waals surface area (Å²) in [5, 5.41) is 26.6. The summed E-state index contributed by atoms with van der Waals surface area (Å²) in [5.74, 6) is -3.82. The Hall–Kier alpha value is -1.81. The maximum absolute atomic E-state index is 10.3. The molecule has 19 heavy (non-hydrogen) atoms. The minimum atomic E-state index is -1.29. The Balaban J connectivity index is 0. The number of carboxylic acids is 3. The predicted molar refractivity (Wildman–Crippen MR) is 67.0 cm³/mol. The fourth-order valence-corrected chi connectivity index (χ4v) is 0.954. The van der Waals surface area contributed by atoms with Gasteiger partial charge in [-0.1, -0.05) is 0 Å². The maximum Gasteiger partial charge on any atom is 0.327 e. The summed E-state index contributed by atoms with van der Waals surface area (Å²) in [5.41, 5.74) is 4.84. The highest BCUT2D eigenvalue weighted by Gasteiger charge is 2.15. The van der Waals surface area contributed by atoms with Gasteiger partial charge in [-0.15, -0.1) is 0 Å². The number of rotatable bonds is 6. The molecule has 0 aromatic heterocycles. The molecule has 0 saturated heterocycles. The first-order valence-corrected chi connectivity index (χ1v) is 5.56. The number of nitrogens with two attached hydrogens (primary N) is 1. The van der Waals surface area contributed by atoms with Gasteiger partial charge >= 0.3 is 17.9 Å². The van der Waals surface area contributed by atoms with Crippen LogP contribution in [0.1, 0.15) is 13.3 Å². The van der Waals surface area contributed by atoms with E-state index in [1.165, 1.54) is 6.92 Å². The van der Waals surface area contributed by atoms with Crippen LogP contribution in [0.3, 0.4) is 0 Å². The van der Waals surface area contributed by atoms with Crippen LogP contribution in [0.4, 0.5) is 0 Å². The highest BCUT2D eigenvalue weighted by atomic mass is 32.1. The van der Waals surface area contributed by atoms with E-state index in [1.54, 1.807) is 0 Å². The van der Waals surface area contributed by atoms with Crippen molar-refractivity contribution in [3.63, 3.8) is 0 Å². The third kappa shape index (κ3) is 12.4. The highest BCUT2D eigenvalue weighted by molar-refractivity contribution is 7.80. The Bertz CT molecular complexity index is 347. The van der Waals surface area contributed by atoms with E-state index in [-0.39, 0.29) is 11.7 Å². The van der Waals surface area contributed by atoms with E-state index in [0.717, 1.165) is 0 Å². The van der Waals surface area contributed by atoms with Crippen molar-refractivity contribution in [3.05, 3.63) is 0 Å². The zero-order valence-corrected chi connectivity index (χ0v) is 11.0. The lowest BCUT2D eigenvalue weighted by atomic mass is 10.2. The molecule has 0 saturated carbocycles. The Labute approximate surface area is 114 Å². The zero-order valence-electron chi connectivity index (χ0n) is 10.1. The van der Waals surface area contributed by atoms with Gasteiger partial charge in [0, 0.05) is 12.7 Å². The average molecular weight is 296 g/mol. The van der Waals surface area contributed by atoms with Crippen LogP contribution in [-0.4, -0.2) is 57.0 Å². The van der Waals surface area contributed by atoms with Gasteiger partial charge in [0.1, 0.15) is 12.1 Å². The molecule has 1 amide bonds. The molecule has 0 rings (SSSR count). The molecule has 0 aliphatic heterocycles. The van der Waals surface area contributed by atoms with Gasteiger partial charge in [-0.05, 0) is 0 Å². The van der Waals surface area contributed by atoms with Crippen LogP contribution >= 0.6 is 12.6 Å². The summed E-state index contributed by atoms with van der Waals surface area (Å²) in [6.07, 6.45) is -0.532. The molecule has 0 aliphatic rings. The molecular formula is C9H16N2O7S. The topological polar surface area (TPSA) is 167 Å². The largest absolute Gasteiger partial charge is 0.481 e. The zero-order chi connectivity index (χ0) is 15.6. The third-order valence-corrected chi connectivity index (χ3v) is 1.94. The molecule has 0 radical (unpaired) electrons. The molecular weight excluding hydrogens is 280 g/mol. The Morgan fingerprint density at radius 2 is 1.63 bits per heavy atom. The second-order valence-corrected chi connectivity index (χ2v) is 3.68. The number of hydrogen-bond donors (Lipinski definition) is 6. The Morgan fingerprint density at radius 1 is 1.16 bits per heavy atom. The molecule has 9 nitrogen and oxygen atoms in total. The first-order valence-electron chi connectivity index (χ1n) is 4.92. The summed E-state index contributed by atoms with van der Waals surface area (Å²) in [6.45, 7) is 1.26. The van der Waals surface area contributed by atoms with Crippen molar-refractivity contribution in [2.45, 2.75) is 25.4 Å². The van der Waals surface area contributed by atoms with Gasteiger partial charge in [0.2, 0.25) is 5.91 Å². The van der Waals surface area contributed by atoms with Crippen molar-refractivity contribution < 1.29 is 34.5 Å². The second-order valence-electron chi connectivity index (χ2n) is 3.32. The van der Waals surface area contributed by atoms with Gasteiger partial charge in [0.05, 0.1) is 6.42 Å². The monoisotopic (exact) mass is 296 g/mol. The molecule has 0 aromatic rings. The molecule has 2 atom stereocenters. The summed E-state index contributed by atoms with van der Waals surface area (Å²) in [4.78, 5) is 40.1. The molecule has 0 aliphatic carbocycles. The van der Waals surface area contributed by atoms with E-state index in [0.29, 0.717) is 0 Å². The summed E-state index contributed by atoms with van der Waals surface area (Å²) >= 11 is 3.73.